The van der Waals surface area contributed by atoms with E-state index < -0.39 is 10.5 Å². The molecule has 1 aliphatic heterocycles. The van der Waals surface area contributed by atoms with Gasteiger partial charge in [-0.3, -0.25) is 10.1 Å². The fourth-order valence-electron chi connectivity index (χ4n) is 1.49. The number of methoxy groups -OCH3 is 1. The first-order valence-corrected chi connectivity index (χ1v) is 4.54. The van der Waals surface area contributed by atoms with Crippen molar-refractivity contribution in [3.8, 4) is 5.75 Å². The average molecular weight is 209 g/mol. The second-order valence-corrected chi connectivity index (χ2v) is 3.66. The van der Waals surface area contributed by atoms with Crippen LogP contribution in [0, 0.1) is 10.1 Å². The van der Waals surface area contributed by atoms with Gasteiger partial charge in [-0.15, -0.1) is 0 Å². The molecule has 1 fully saturated rings. The molecule has 1 aromatic carbocycles. The predicted molar refractivity (Wildman–Crippen MR) is 53.0 cm³/mol. The van der Waals surface area contributed by atoms with Gasteiger partial charge in [0.05, 0.1) is 24.2 Å². The van der Waals surface area contributed by atoms with Gasteiger partial charge in [0.1, 0.15) is 11.4 Å². The molecular formula is C10H11NO4. The van der Waals surface area contributed by atoms with Crippen molar-refractivity contribution in [1.82, 2.24) is 0 Å². The van der Waals surface area contributed by atoms with Crippen LogP contribution >= 0.6 is 0 Å². The first kappa shape index (κ1) is 9.92. The predicted octanol–water partition coefficient (Wildman–Crippen LogP) is 1.85. The molecule has 1 unspecified atom stereocenters. The molecule has 2 rings (SSSR count). The van der Waals surface area contributed by atoms with E-state index in [1.165, 1.54) is 13.2 Å². The fraction of sp³-hybridized carbons (Fsp3) is 0.400. The Morgan fingerprint density at radius 1 is 1.60 bits per heavy atom. The molecule has 1 aliphatic rings. The third kappa shape index (κ3) is 1.66. The highest BCUT2D eigenvalue weighted by Crippen LogP contribution is 2.43. The molecule has 0 amide bonds. The Labute approximate surface area is 86.8 Å². The lowest BCUT2D eigenvalue weighted by molar-refractivity contribution is -0.386. The van der Waals surface area contributed by atoms with Crippen molar-refractivity contribution in [3.05, 3.63) is 33.9 Å². The number of benzene rings is 1. The van der Waals surface area contributed by atoms with Gasteiger partial charge in [0.15, 0.2) is 0 Å². The van der Waals surface area contributed by atoms with Crippen molar-refractivity contribution < 1.29 is 14.4 Å². The minimum Gasteiger partial charge on any atom is -0.497 e. The molecule has 0 N–H and O–H groups in total. The van der Waals surface area contributed by atoms with Crippen LogP contribution in [-0.2, 0) is 10.3 Å². The maximum atomic E-state index is 10.8. The van der Waals surface area contributed by atoms with E-state index in [1.54, 1.807) is 12.1 Å². The molecule has 5 nitrogen and oxygen atoms in total. The number of ether oxygens (including phenoxy) is 2. The van der Waals surface area contributed by atoms with Crippen molar-refractivity contribution in [1.29, 1.82) is 0 Å². The van der Waals surface area contributed by atoms with Gasteiger partial charge in [0.2, 0.25) is 0 Å². The molecule has 1 atom stereocenters. The molecule has 0 aliphatic carbocycles. The van der Waals surface area contributed by atoms with Gasteiger partial charge in [-0.05, 0) is 19.1 Å². The molecule has 0 saturated carbocycles. The summed E-state index contributed by atoms with van der Waals surface area (Å²) in [7, 11) is 1.53. The van der Waals surface area contributed by atoms with Crippen LogP contribution in [0.25, 0.3) is 0 Å². The minimum absolute atomic E-state index is 0.0794. The third-order valence-electron chi connectivity index (χ3n) is 2.55. The van der Waals surface area contributed by atoms with Crippen molar-refractivity contribution in [2.24, 2.45) is 0 Å². The Morgan fingerprint density at radius 3 is 2.73 bits per heavy atom. The van der Waals surface area contributed by atoms with Gasteiger partial charge in [-0.25, -0.2) is 0 Å². The van der Waals surface area contributed by atoms with Crippen LogP contribution in [0.3, 0.4) is 0 Å². The number of hydrogen-bond donors (Lipinski definition) is 0. The summed E-state index contributed by atoms with van der Waals surface area (Å²) in [5, 5.41) is 10.8. The van der Waals surface area contributed by atoms with E-state index in [9.17, 15) is 10.1 Å². The van der Waals surface area contributed by atoms with Crippen LogP contribution in [-0.4, -0.2) is 18.6 Å². The number of nitrogens with zero attached hydrogens (tertiary/aromatic N) is 1. The molecule has 1 heterocycles. The second-order valence-electron chi connectivity index (χ2n) is 3.66. The molecule has 0 bridgehead atoms. The van der Waals surface area contributed by atoms with Gasteiger partial charge in [-0.1, -0.05) is 0 Å². The monoisotopic (exact) mass is 209 g/mol. The molecule has 0 spiro atoms. The highest BCUT2D eigenvalue weighted by atomic mass is 16.6. The second kappa shape index (κ2) is 3.20. The van der Waals surface area contributed by atoms with Gasteiger partial charge in [0.25, 0.3) is 5.69 Å². The quantitative estimate of drug-likeness (QED) is 0.433. The minimum atomic E-state index is -0.517. The number of nitro groups is 1. The molecule has 80 valence electrons. The first-order chi connectivity index (χ1) is 7.07. The normalized spacial score (nSPS) is 23.6. The standard InChI is InChI=1S/C10H11NO4/c1-10(6-15-10)8-5-7(14-2)3-4-9(8)11(12)13/h3-5H,6H2,1-2H3. The molecular weight excluding hydrogens is 198 g/mol. The van der Waals surface area contributed by atoms with E-state index in [-0.39, 0.29) is 5.69 Å². The molecule has 15 heavy (non-hydrogen) atoms. The Morgan fingerprint density at radius 2 is 2.27 bits per heavy atom. The van der Waals surface area contributed by atoms with Crippen molar-refractivity contribution >= 4 is 5.69 Å². The summed E-state index contributed by atoms with van der Waals surface area (Å²) in [6.45, 7) is 2.34. The SMILES string of the molecule is COc1ccc([N+](=O)[O-])c(C2(C)CO2)c1. The van der Waals surface area contributed by atoms with E-state index in [0.717, 1.165) is 0 Å². The van der Waals surface area contributed by atoms with Crippen LogP contribution < -0.4 is 4.74 Å². The summed E-state index contributed by atoms with van der Waals surface area (Å²) in [5.41, 5.74) is 0.138. The smallest absolute Gasteiger partial charge is 0.275 e. The fourth-order valence-corrected chi connectivity index (χ4v) is 1.49. The van der Waals surface area contributed by atoms with Gasteiger partial charge < -0.3 is 9.47 Å². The van der Waals surface area contributed by atoms with Crippen LogP contribution in [0.2, 0.25) is 0 Å². The summed E-state index contributed by atoms with van der Waals surface area (Å²) in [6, 6.07) is 4.68. The van der Waals surface area contributed by atoms with Gasteiger partial charge in [-0.2, -0.15) is 0 Å². The van der Waals surface area contributed by atoms with Crippen molar-refractivity contribution in [2.45, 2.75) is 12.5 Å². The van der Waals surface area contributed by atoms with E-state index in [4.69, 9.17) is 9.47 Å². The van der Waals surface area contributed by atoms with Crippen LogP contribution in [0.1, 0.15) is 12.5 Å². The number of epoxide rings is 1. The van der Waals surface area contributed by atoms with E-state index in [1.807, 2.05) is 6.92 Å². The zero-order valence-corrected chi connectivity index (χ0v) is 8.52. The lowest BCUT2D eigenvalue weighted by Crippen LogP contribution is -2.06. The Balaban J connectivity index is 2.51. The Bertz CT molecular complexity index is 412. The molecule has 0 radical (unpaired) electrons. The molecule has 0 aromatic heterocycles. The zero-order chi connectivity index (χ0) is 11.1. The van der Waals surface area contributed by atoms with Crippen molar-refractivity contribution in [3.63, 3.8) is 0 Å². The lowest BCUT2D eigenvalue weighted by atomic mass is 10.00. The van der Waals surface area contributed by atoms with Crippen LogP contribution in [0.5, 0.6) is 5.75 Å². The summed E-state index contributed by atoms with van der Waals surface area (Å²) < 4.78 is 10.2. The molecule has 1 saturated heterocycles. The topological polar surface area (TPSA) is 64.9 Å². The zero-order valence-electron chi connectivity index (χ0n) is 8.52. The number of nitro benzene ring substituents is 1. The van der Waals surface area contributed by atoms with Gasteiger partial charge in [0, 0.05) is 6.07 Å². The molecule has 5 heteroatoms. The van der Waals surface area contributed by atoms with E-state index in [0.29, 0.717) is 17.9 Å². The van der Waals surface area contributed by atoms with Crippen molar-refractivity contribution in [2.75, 3.05) is 13.7 Å². The van der Waals surface area contributed by atoms with Crippen LogP contribution in [0.4, 0.5) is 5.69 Å². The third-order valence-corrected chi connectivity index (χ3v) is 2.55. The number of hydrogen-bond acceptors (Lipinski definition) is 4. The van der Waals surface area contributed by atoms with Crippen LogP contribution in [0.15, 0.2) is 18.2 Å². The highest BCUT2D eigenvalue weighted by Gasteiger charge is 2.45. The molecule has 1 aromatic rings. The Kier molecular flexibility index (Phi) is 2.12. The van der Waals surface area contributed by atoms with Gasteiger partial charge >= 0.3 is 0 Å². The van der Waals surface area contributed by atoms with E-state index >= 15 is 0 Å². The summed E-state index contributed by atoms with van der Waals surface area (Å²) in [5.74, 6) is 0.604. The first-order valence-electron chi connectivity index (χ1n) is 4.54. The van der Waals surface area contributed by atoms with E-state index in [2.05, 4.69) is 0 Å². The largest absolute Gasteiger partial charge is 0.497 e. The highest BCUT2D eigenvalue weighted by molar-refractivity contribution is 5.49. The summed E-state index contributed by atoms with van der Waals surface area (Å²) in [4.78, 5) is 10.4. The maximum absolute atomic E-state index is 10.8. The Hall–Kier alpha value is -1.62. The maximum Gasteiger partial charge on any atom is 0.275 e. The summed E-state index contributed by atoms with van der Waals surface area (Å²) in [6.07, 6.45) is 0. The average Bonchev–Trinajstić information content (AvgIpc) is 2.97. The lowest BCUT2D eigenvalue weighted by Gasteiger charge is -2.08. The number of rotatable bonds is 3. The summed E-state index contributed by atoms with van der Waals surface area (Å²) >= 11 is 0.